The highest BCUT2D eigenvalue weighted by Crippen LogP contribution is 2.17. The van der Waals surface area contributed by atoms with Crippen LogP contribution in [0.2, 0.25) is 0 Å². The van der Waals surface area contributed by atoms with E-state index in [2.05, 4.69) is 0 Å². The summed E-state index contributed by atoms with van der Waals surface area (Å²) in [5.74, 6) is -1.67. The van der Waals surface area contributed by atoms with E-state index in [0.717, 1.165) is 0 Å². The number of aromatic nitrogens is 2. The summed E-state index contributed by atoms with van der Waals surface area (Å²) in [6.07, 6.45) is 0.326. The van der Waals surface area contributed by atoms with Gasteiger partial charge in [-0.3, -0.25) is 19.0 Å². The minimum atomic E-state index is -0.957. The van der Waals surface area contributed by atoms with E-state index in [4.69, 9.17) is 10.8 Å². The number of hydrogen-bond donors (Lipinski definition) is 2. The molecule has 1 rings (SSSR count). The topological polar surface area (TPSA) is 90.2 Å². The van der Waals surface area contributed by atoms with Crippen LogP contribution in [0.5, 0.6) is 0 Å². The Morgan fingerprint density at radius 2 is 2.13 bits per heavy atom. The second-order valence-corrected chi connectivity index (χ2v) is 3.42. The lowest BCUT2D eigenvalue weighted by Crippen LogP contribution is -2.21. The highest BCUT2D eigenvalue weighted by molar-refractivity contribution is 5.75. The molecule has 1 unspecified atom stereocenters. The Labute approximate surface area is 86.9 Å². The van der Waals surface area contributed by atoms with E-state index < -0.39 is 11.9 Å². The van der Waals surface area contributed by atoms with E-state index in [1.54, 1.807) is 14.1 Å². The van der Waals surface area contributed by atoms with Gasteiger partial charge in [0.15, 0.2) is 0 Å². The van der Waals surface area contributed by atoms with Crippen molar-refractivity contribution in [3.05, 3.63) is 22.1 Å². The number of nitrogens with two attached hydrogens (primary N) is 1. The lowest BCUT2D eigenvalue weighted by Gasteiger charge is -2.12. The third-order valence-electron chi connectivity index (χ3n) is 2.52. The summed E-state index contributed by atoms with van der Waals surface area (Å²) in [4.78, 5) is 22.3. The van der Waals surface area contributed by atoms with E-state index >= 15 is 0 Å². The van der Waals surface area contributed by atoms with Crippen molar-refractivity contribution in [2.45, 2.75) is 12.3 Å². The number of aliphatic carboxylic acids is 1. The van der Waals surface area contributed by atoms with Gasteiger partial charge in [0.05, 0.1) is 11.6 Å². The molecule has 0 bridgehead atoms. The monoisotopic (exact) mass is 213 g/mol. The highest BCUT2D eigenvalue weighted by atomic mass is 16.4. The normalized spacial score (nSPS) is 12.7. The fourth-order valence-corrected chi connectivity index (χ4v) is 1.53. The molecule has 0 aromatic carbocycles. The third-order valence-corrected chi connectivity index (χ3v) is 2.52. The number of hydrogen-bond acceptors (Lipinski definition) is 3. The first kappa shape index (κ1) is 11.5. The van der Waals surface area contributed by atoms with Gasteiger partial charge < -0.3 is 10.8 Å². The van der Waals surface area contributed by atoms with Crippen molar-refractivity contribution in [2.24, 2.45) is 19.8 Å². The lowest BCUT2D eigenvalue weighted by molar-refractivity contribution is -0.139. The highest BCUT2D eigenvalue weighted by Gasteiger charge is 2.23. The molecule has 0 aliphatic heterocycles. The third kappa shape index (κ3) is 2.10. The molecule has 0 fully saturated rings. The van der Waals surface area contributed by atoms with E-state index in [1.807, 2.05) is 0 Å². The first-order valence-electron chi connectivity index (χ1n) is 4.64. The molecule has 0 aliphatic rings. The van der Waals surface area contributed by atoms with Crippen molar-refractivity contribution in [3.8, 4) is 0 Å². The molecule has 1 aromatic rings. The van der Waals surface area contributed by atoms with Crippen molar-refractivity contribution in [1.82, 2.24) is 9.36 Å². The van der Waals surface area contributed by atoms with Gasteiger partial charge >= 0.3 is 5.97 Å². The molecule has 0 spiro atoms. The number of carboxylic acids is 1. The van der Waals surface area contributed by atoms with Gasteiger partial charge in [-0.15, -0.1) is 0 Å². The number of carboxylic acid groups (broad SMARTS) is 1. The van der Waals surface area contributed by atoms with Crippen molar-refractivity contribution in [1.29, 1.82) is 0 Å². The number of nitrogens with zero attached hydrogens (tertiary/aromatic N) is 2. The molecule has 0 saturated heterocycles. The summed E-state index contributed by atoms with van der Waals surface area (Å²) in [5, 5.41) is 9.00. The van der Waals surface area contributed by atoms with Crippen LogP contribution in [0.4, 0.5) is 0 Å². The zero-order valence-corrected chi connectivity index (χ0v) is 8.80. The van der Waals surface area contributed by atoms with Gasteiger partial charge in [0.2, 0.25) is 0 Å². The van der Waals surface area contributed by atoms with Gasteiger partial charge in [-0.1, -0.05) is 0 Å². The lowest BCUT2D eigenvalue weighted by atomic mass is 10.0. The Hall–Kier alpha value is -1.56. The molecule has 0 saturated carbocycles. The van der Waals surface area contributed by atoms with Crippen LogP contribution in [0.15, 0.2) is 10.9 Å². The van der Waals surface area contributed by atoms with Gasteiger partial charge in [-0.2, -0.15) is 0 Å². The van der Waals surface area contributed by atoms with Gasteiger partial charge in [0.1, 0.15) is 0 Å². The molecule has 1 heterocycles. The molecule has 1 atom stereocenters. The zero-order chi connectivity index (χ0) is 11.6. The summed E-state index contributed by atoms with van der Waals surface area (Å²) in [7, 11) is 3.25. The van der Waals surface area contributed by atoms with E-state index in [-0.39, 0.29) is 12.1 Å². The molecule has 0 amide bonds. The Kier molecular flexibility index (Phi) is 3.31. The van der Waals surface area contributed by atoms with Crippen LogP contribution in [-0.2, 0) is 18.9 Å². The predicted molar refractivity (Wildman–Crippen MR) is 54.7 cm³/mol. The second-order valence-electron chi connectivity index (χ2n) is 3.42. The molecule has 6 heteroatoms. The van der Waals surface area contributed by atoms with Crippen LogP contribution in [0.25, 0.3) is 0 Å². The molecule has 15 heavy (non-hydrogen) atoms. The zero-order valence-electron chi connectivity index (χ0n) is 8.80. The van der Waals surface area contributed by atoms with Crippen molar-refractivity contribution < 1.29 is 9.90 Å². The van der Waals surface area contributed by atoms with Crippen LogP contribution in [0.1, 0.15) is 18.0 Å². The van der Waals surface area contributed by atoms with Gasteiger partial charge in [0.25, 0.3) is 5.56 Å². The first-order valence-corrected chi connectivity index (χ1v) is 4.64. The summed E-state index contributed by atoms with van der Waals surface area (Å²) in [5.41, 5.74) is 5.62. The predicted octanol–water partition coefficient (Wildman–Crippen LogP) is -0.759. The van der Waals surface area contributed by atoms with E-state index in [9.17, 15) is 9.59 Å². The maximum absolute atomic E-state index is 11.3. The number of rotatable bonds is 4. The van der Waals surface area contributed by atoms with Gasteiger partial charge in [-0.25, -0.2) is 0 Å². The quantitative estimate of drug-likeness (QED) is 0.688. The fraction of sp³-hybridized carbons (Fsp3) is 0.556. The summed E-state index contributed by atoms with van der Waals surface area (Å²) >= 11 is 0. The van der Waals surface area contributed by atoms with E-state index in [1.165, 1.54) is 15.4 Å². The molecule has 3 N–H and O–H groups in total. The molecule has 6 nitrogen and oxygen atoms in total. The first-order chi connectivity index (χ1) is 6.99. The SMILES string of the molecule is Cn1c(C(CCN)C(=O)O)cc(=O)n1C. The van der Waals surface area contributed by atoms with Crippen LogP contribution < -0.4 is 11.3 Å². The van der Waals surface area contributed by atoms with Crippen LogP contribution >= 0.6 is 0 Å². The van der Waals surface area contributed by atoms with Gasteiger partial charge in [0, 0.05) is 20.2 Å². The maximum Gasteiger partial charge on any atom is 0.312 e. The smallest absolute Gasteiger partial charge is 0.312 e. The standard InChI is InChI=1S/C9H15N3O3/c1-11-7(5-8(13)12(11)2)6(3-4-10)9(14)15/h5-6H,3-4,10H2,1-2H3,(H,14,15). The average Bonchev–Trinajstić information content (AvgIpc) is 2.42. The van der Waals surface area contributed by atoms with Gasteiger partial charge in [-0.05, 0) is 13.0 Å². The van der Waals surface area contributed by atoms with Crippen LogP contribution in [0, 0.1) is 0 Å². The Morgan fingerprint density at radius 1 is 1.53 bits per heavy atom. The minimum absolute atomic E-state index is 0.212. The minimum Gasteiger partial charge on any atom is -0.481 e. The van der Waals surface area contributed by atoms with Crippen molar-refractivity contribution >= 4 is 5.97 Å². The molecular weight excluding hydrogens is 198 g/mol. The Bertz CT molecular complexity index is 419. The Morgan fingerprint density at radius 3 is 2.47 bits per heavy atom. The molecule has 0 aliphatic carbocycles. The largest absolute Gasteiger partial charge is 0.481 e. The molecule has 1 aromatic heterocycles. The van der Waals surface area contributed by atoms with Crippen LogP contribution in [0.3, 0.4) is 0 Å². The fourth-order valence-electron chi connectivity index (χ4n) is 1.53. The average molecular weight is 213 g/mol. The summed E-state index contributed by atoms with van der Waals surface area (Å²) in [6.45, 7) is 0.278. The second kappa shape index (κ2) is 4.31. The maximum atomic E-state index is 11.3. The Balaban J connectivity index is 3.17. The van der Waals surface area contributed by atoms with Crippen molar-refractivity contribution in [3.63, 3.8) is 0 Å². The summed E-state index contributed by atoms with van der Waals surface area (Å²) in [6, 6.07) is 1.34. The number of carbonyl (C=O) groups is 1. The molecule has 0 radical (unpaired) electrons. The van der Waals surface area contributed by atoms with Crippen molar-refractivity contribution in [2.75, 3.05) is 6.54 Å². The van der Waals surface area contributed by atoms with Crippen LogP contribution in [-0.4, -0.2) is 27.0 Å². The molecule has 84 valence electrons. The van der Waals surface area contributed by atoms with E-state index in [0.29, 0.717) is 12.1 Å². The summed E-state index contributed by atoms with van der Waals surface area (Å²) < 4.78 is 2.90. The molecular formula is C9H15N3O3.